The van der Waals surface area contributed by atoms with Crippen LogP contribution >= 0.6 is 0 Å². The highest BCUT2D eigenvalue weighted by molar-refractivity contribution is 5.82. The molecule has 170 valence electrons. The molecular formula is C21H26F3N3O4. The van der Waals surface area contributed by atoms with Gasteiger partial charge in [0.1, 0.15) is 6.54 Å². The second kappa shape index (κ2) is 9.93. The average molecular weight is 441 g/mol. The maximum absolute atomic E-state index is 12.8. The van der Waals surface area contributed by atoms with E-state index in [9.17, 15) is 22.8 Å². The van der Waals surface area contributed by atoms with Crippen LogP contribution in [0.4, 0.5) is 13.2 Å². The first-order chi connectivity index (χ1) is 14.4. The number of aryl methyl sites for hydroxylation is 1. The Bertz CT molecular complexity index is 887. The lowest BCUT2D eigenvalue weighted by atomic mass is 9.96. The maximum atomic E-state index is 12.8. The van der Waals surface area contributed by atoms with Gasteiger partial charge in [0.05, 0.1) is 12.2 Å². The molecule has 0 saturated carbocycles. The van der Waals surface area contributed by atoms with Gasteiger partial charge in [0, 0.05) is 24.8 Å². The van der Waals surface area contributed by atoms with Crippen molar-refractivity contribution in [3.8, 4) is 0 Å². The van der Waals surface area contributed by atoms with Crippen LogP contribution in [-0.2, 0) is 38.9 Å². The summed E-state index contributed by atoms with van der Waals surface area (Å²) in [6, 6.07) is 4.44. The quantitative estimate of drug-likeness (QED) is 0.578. The monoisotopic (exact) mass is 441 g/mol. The Morgan fingerprint density at radius 3 is 2.29 bits per heavy atom. The van der Waals surface area contributed by atoms with Crippen LogP contribution in [0.3, 0.4) is 0 Å². The molecule has 1 aromatic heterocycles. The lowest BCUT2D eigenvalue weighted by molar-refractivity contribution is -0.149. The SMILES string of the molecule is CCOC(=O)CN(Cc1ccc(C(F)(F)F)cc1)C(=O)CCc1nc(C(C)(C)C)no1. The van der Waals surface area contributed by atoms with E-state index in [0.29, 0.717) is 17.3 Å². The van der Waals surface area contributed by atoms with Crippen molar-refractivity contribution in [2.24, 2.45) is 0 Å². The molecule has 31 heavy (non-hydrogen) atoms. The Labute approximate surface area is 178 Å². The van der Waals surface area contributed by atoms with Gasteiger partial charge < -0.3 is 14.2 Å². The van der Waals surface area contributed by atoms with Crippen molar-refractivity contribution >= 4 is 11.9 Å². The number of amides is 1. The number of hydrogen-bond acceptors (Lipinski definition) is 6. The summed E-state index contributed by atoms with van der Waals surface area (Å²) in [6.07, 6.45) is -4.28. The number of halogens is 3. The second-order valence-corrected chi connectivity index (χ2v) is 8.01. The highest BCUT2D eigenvalue weighted by Gasteiger charge is 2.30. The van der Waals surface area contributed by atoms with Gasteiger partial charge in [0.15, 0.2) is 5.82 Å². The lowest BCUT2D eigenvalue weighted by Crippen LogP contribution is -2.36. The number of alkyl halides is 3. The summed E-state index contributed by atoms with van der Waals surface area (Å²) in [5.41, 5.74) is -0.631. The summed E-state index contributed by atoms with van der Waals surface area (Å²) in [4.78, 5) is 30.2. The van der Waals surface area contributed by atoms with Crippen LogP contribution in [0.25, 0.3) is 0 Å². The average Bonchev–Trinajstić information content (AvgIpc) is 3.15. The van der Waals surface area contributed by atoms with Crippen LogP contribution in [0.15, 0.2) is 28.8 Å². The smallest absolute Gasteiger partial charge is 0.416 e. The summed E-state index contributed by atoms with van der Waals surface area (Å²) >= 11 is 0. The molecule has 7 nitrogen and oxygen atoms in total. The molecule has 10 heteroatoms. The van der Waals surface area contributed by atoms with Gasteiger partial charge in [0.25, 0.3) is 0 Å². The first-order valence-electron chi connectivity index (χ1n) is 9.82. The fraction of sp³-hybridized carbons (Fsp3) is 0.524. The summed E-state index contributed by atoms with van der Waals surface area (Å²) in [5, 5.41) is 3.90. The van der Waals surface area contributed by atoms with Crippen molar-refractivity contribution in [2.45, 2.75) is 58.7 Å². The summed E-state index contributed by atoms with van der Waals surface area (Å²) in [6.45, 7) is 7.23. The Hall–Kier alpha value is -2.91. The number of benzene rings is 1. The van der Waals surface area contributed by atoms with Gasteiger partial charge in [-0.05, 0) is 24.6 Å². The van der Waals surface area contributed by atoms with Gasteiger partial charge in [-0.15, -0.1) is 0 Å². The highest BCUT2D eigenvalue weighted by atomic mass is 19.4. The highest BCUT2D eigenvalue weighted by Crippen LogP contribution is 2.29. The summed E-state index contributed by atoms with van der Waals surface area (Å²) in [7, 11) is 0. The zero-order chi connectivity index (χ0) is 23.2. The van der Waals surface area contributed by atoms with E-state index < -0.39 is 17.7 Å². The zero-order valence-corrected chi connectivity index (χ0v) is 18.0. The molecule has 0 N–H and O–H groups in total. The van der Waals surface area contributed by atoms with Crippen molar-refractivity contribution in [3.63, 3.8) is 0 Å². The first-order valence-corrected chi connectivity index (χ1v) is 9.82. The molecular weight excluding hydrogens is 415 g/mol. The molecule has 1 amide bonds. The standard InChI is InChI=1S/C21H26F3N3O4/c1-5-30-18(29)13-27(12-14-6-8-15(9-7-14)21(22,23)24)17(28)11-10-16-25-19(26-31-16)20(2,3)4/h6-9H,5,10-13H2,1-4H3. The molecule has 0 atom stereocenters. The fourth-order valence-corrected chi connectivity index (χ4v) is 2.65. The van der Waals surface area contributed by atoms with E-state index in [-0.39, 0.29) is 43.9 Å². The number of carbonyl (C=O) groups excluding carboxylic acids is 2. The van der Waals surface area contributed by atoms with Crippen molar-refractivity contribution in [3.05, 3.63) is 47.1 Å². The van der Waals surface area contributed by atoms with Crippen LogP contribution in [0, 0.1) is 0 Å². The van der Waals surface area contributed by atoms with Crippen LogP contribution in [0.1, 0.15) is 57.0 Å². The van der Waals surface area contributed by atoms with Gasteiger partial charge in [0.2, 0.25) is 11.8 Å². The first kappa shape index (κ1) is 24.4. The Morgan fingerprint density at radius 2 is 1.77 bits per heavy atom. The number of rotatable bonds is 8. The topological polar surface area (TPSA) is 85.5 Å². The summed E-state index contributed by atoms with van der Waals surface area (Å²) in [5.74, 6) is -0.175. The van der Waals surface area contributed by atoms with E-state index in [1.54, 1.807) is 6.92 Å². The number of ether oxygens (including phenoxy) is 1. The molecule has 0 fully saturated rings. The Kier molecular flexibility index (Phi) is 7.80. The Balaban J connectivity index is 2.08. The molecule has 2 aromatic rings. The molecule has 0 aliphatic rings. The predicted octanol–water partition coefficient (Wildman–Crippen LogP) is 3.91. The van der Waals surface area contributed by atoms with E-state index in [4.69, 9.17) is 9.26 Å². The number of hydrogen-bond donors (Lipinski definition) is 0. The number of esters is 1. The van der Waals surface area contributed by atoms with E-state index in [2.05, 4.69) is 10.1 Å². The Morgan fingerprint density at radius 1 is 1.13 bits per heavy atom. The molecule has 1 aromatic carbocycles. The van der Waals surface area contributed by atoms with Crippen LogP contribution in [-0.4, -0.2) is 40.1 Å². The third kappa shape index (κ3) is 7.37. The van der Waals surface area contributed by atoms with Gasteiger partial charge >= 0.3 is 12.1 Å². The fourth-order valence-electron chi connectivity index (χ4n) is 2.65. The van der Waals surface area contributed by atoms with Crippen molar-refractivity contribution < 1.29 is 32.0 Å². The second-order valence-electron chi connectivity index (χ2n) is 8.01. The molecule has 0 spiro atoms. The molecule has 0 saturated heterocycles. The van der Waals surface area contributed by atoms with Gasteiger partial charge in [-0.3, -0.25) is 9.59 Å². The minimum atomic E-state index is -4.45. The molecule has 1 heterocycles. The third-order valence-corrected chi connectivity index (χ3v) is 4.32. The largest absolute Gasteiger partial charge is 0.465 e. The molecule has 0 unspecified atom stereocenters. The van der Waals surface area contributed by atoms with Crippen LogP contribution in [0.5, 0.6) is 0 Å². The van der Waals surface area contributed by atoms with Crippen molar-refractivity contribution in [1.29, 1.82) is 0 Å². The third-order valence-electron chi connectivity index (χ3n) is 4.32. The minimum Gasteiger partial charge on any atom is -0.465 e. The lowest BCUT2D eigenvalue weighted by Gasteiger charge is -2.22. The van der Waals surface area contributed by atoms with E-state index in [1.807, 2.05) is 20.8 Å². The zero-order valence-electron chi connectivity index (χ0n) is 18.0. The number of carbonyl (C=O) groups is 2. The van der Waals surface area contributed by atoms with Crippen LogP contribution in [0.2, 0.25) is 0 Å². The maximum Gasteiger partial charge on any atom is 0.416 e. The number of nitrogens with zero attached hydrogens (tertiary/aromatic N) is 3. The molecule has 0 bridgehead atoms. The molecule has 0 radical (unpaired) electrons. The van der Waals surface area contributed by atoms with E-state index in [0.717, 1.165) is 12.1 Å². The normalized spacial score (nSPS) is 12.0. The molecule has 2 rings (SSSR count). The van der Waals surface area contributed by atoms with E-state index >= 15 is 0 Å². The number of aromatic nitrogens is 2. The predicted molar refractivity (Wildman–Crippen MR) is 105 cm³/mol. The van der Waals surface area contributed by atoms with E-state index in [1.165, 1.54) is 17.0 Å². The van der Waals surface area contributed by atoms with Crippen LogP contribution < -0.4 is 0 Å². The van der Waals surface area contributed by atoms with Gasteiger partial charge in [-0.25, -0.2) is 0 Å². The van der Waals surface area contributed by atoms with Crippen molar-refractivity contribution in [2.75, 3.05) is 13.2 Å². The van der Waals surface area contributed by atoms with Gasteiger partial charge in [-0.2, -0.15) is 18.2 Å². The molecule has 0 aliphatic heterocycles. The van der Waals surface area contributed by atoms with Gasteiger partial charge in [-0.1, -0.05) is 38.1 Å². The molecule has 0 aliphatic carbocycles. The van der Waals surface area contributed by atoms with Crippen molar-refractivity contribution in [1.82, 2.24) is 15.0 Å². The minimum absolute atomic E-state index is 0.00812. The summed E-state index contributed by atoms with van der Waals surface area (Å²) < 4.78 is 48.4.